The fourth-order valence-electron chi connectivity index (χ4n) is 1.68. The highest BCUT2D eigenvalue weighted by Gasteiger charge is 2.05. The maximum absolute atomic E-state index is 11.6. The molecule has 7 heteroatoms. The highest BCUT2D eigenvalue weighted by Crippen LogP contribution is 2.17. The van der Waals surface area contributed by atoms with Crippen molar-refractivity contribution in [3.63, 3.8) is 0 Å². The molecule has 2 aromatic rings. The van der Waals surface area contributed by atoms with Crippen molar-refractivity contribution in [1.29, 1.82) is 0 Å². The number of rotatable bonds is 7. The summed E-state index contributed by atoms with van der Waals surface area (Å²) in [5, 5.41) is 9.62. The number of aromatic amines is 1. The molecule has 2 rings (SSSR count). The molecule has 112 valence electrons. The summed E-state index contributed by atoms with van der Waals surface area (Å²) >= 11 is 0. The third-order valence-electron chi connectivity index (χ3n) is 2.69. The number of ether oxygens (including phenoxy) is 2. The number of methoxy groups -OCH3 is 1. The van der Waals surface area contributed by atoms with Crippen molar-refractivity contribution in [2.45, 2.75) is 6.92 Å². The van der Waals surface area contributed by atoms with Gasteiger partial charge in [0.2, 0.25) is 5.91 Å². The van der Waals surface area contributed by atoms with E-state index in [4.69, 9.17) is 9.47 Å². The second-order valence-corrected chi connectivity index (χ2v) is 4.42. The Morgan fingerprint density at radius 2 is 2.05 bits per heavy atom. The number of aryl methyl sites for hydroxylation is 1. The van der Waals surface area contributed by atoms with E-state index in [1.807, 2.05) is 19.1 Å². The van der Waals surface area contributed by atoms with E-state index in [0.29, 0.717) is 24.7 Å². The number of nitrogens with zero attached hydrogens (tertiary/aromatic N) is 2. The molecule has 1 aromatic carbocycles. The number of anilines is 1. The molecule has 1 amide bonds. The van der Waals surface area contributed by atoms with E-state index < -0.39 is 0 Å². The molecule has 0 aliphatic carbocycles. The quantitative estimate of drug-likeness (QED) is 0.752. The predicted molar refractivity (Wildman–Crippen MR) is 77.9 cm³/mol. The summed E-state index contributed by atoms with van der Waals surface area (Å²) in [6.45, 7) is 2.71. The lowest BCUT2D eigenvalue weighted by Gasteiger charge is -2.06. The van der Waals surface area contributed by atoms with Gasteiger partial charge in [-0.1, -0.05) is 0 Å². The number of nitrogens with one attached hydrogen (secondary N) is 2. The van der Waals surface area contributed by atoms with Crippen LogP contribution in [0.3, 0.4) is 0 Å². The summed E-state index contributed by atoms with van der Waals surface area (Å²) in [5.41, 5.74) is 1.58. The summed E-state index contributed by atoms with van der Waals surface area (Å²) in [5.74, 6) is 1.19. The Kier molecular flexibility index (Phi) is 5.42. The Morgan fingerprint density at radius 3 is 2.67 bits per heavy atom. The SMILES string of the molecule is COCCOCC(=O)Nc1ccc(-c2n[nH]c(C)n2)cc1. The molecule has 0 unspecified atom stereocenters. The minimum absolute atomic E-state index is 0.00519. The molecule has 0 spiro atoms. The van der Waals surface area contributed by atoms with Crippen LogP contribution in [0.4, 0.5) is 5.69 Å². The Hall–Kier alpha value is -2.25. The van der Waals surface area contributed by atoms with Crippen LogP contribution in [-0.2, 0) is 14.3 Å². The molecular formula is C14H18N4O3. The third kappa shape index (κ3) is 4.66. The largest absolute Gasteiger partial charge is 0.382 e. The van der Waals surface area contributed by atoms with E-state index >= 15 is 0 Å². The van der Waals surface area contributed by atoms with E-state index in [1.54, 1.807) is 19.2 Å². The van der Waals surface area contributed by atoms with Gasteiger partial charge in [-0.15, -0.1) is 0 Å². The number of carbonyl (C=O) groups is 1. The lowest BCUT2D eigenvalue weighted by Crippen LogP contribution is -2.19. The highest BCUT2D eigenvalue weighted by molar-refractivity contribution is 5.91. The first kappa shape index (κ1) is 15.1. The van der Waals surface area contributed by atoms with Crippen LogP contribution in [0.2, 0.25) is 0 Å². The molecule has 1 aromatic heterocycles. The van der Waals surface area contributed by atoms with Crippen molar-refractivity contribution in [3.8, 4) is 11.4 Å². The fraction of sp³-hybridized carbons (Fsp3) is 0.357. The molecule has 21 heavy (non-hydrogen) atoms. The normalized spacial score (nSPS) is 10.6. The zero-order chi connectivity index (χ0) is 15.1. The Labute approximate surface area is 122 Å². The van der Waals surface area contributed by atoms with Gasteiger partial charge in [-0.3, -0.25) is 9.89 Å². The summed E-state index contributed by atoms with van der Waals surface area (Å²) in [7, 11) is 1.58. The maximum atomic E-state index is 11.6. The van der Waals surface area contributed by atoms with Gasteiger partial charge in [-0.25, -0.2) is 4.98 Å². The minimum Gasteiger partial charge on any atom is -0.382 e. The average Bonchev–Trinajstić information content (AvgIpc) is 2.91. The molecule has 2 N–H and O–H groups in total. The Balaban J connectivity index is 1.86. The first-order chi connectivity index (χ1) is 10.2. The van der Waals surface area contributed by atoms with Gasteiger partial charge in [0, 0.05) is 18.4 Å². The Bertz CT molecular complexity index is 580. The van der Waals surface area contributed by atoms with E-state index in [2.05, 4.69) is 20.5 Å². The van der Waals surface area contributed by atoms with E-state index in [-0.39, 0.29) is 12.5 Å². The molecule has 0 radical (unpaired) electrons. The smallest absolute Gasteiger partial charge is 0.250 e. The Morgan fingerprint density at radius 1 is 1.29 bits per heavy atom. The van der Waals surface area contributed by atoms with Crippen LogP contribution < -0.4 is 5.32 Å². The number of aromatic nitrogens is 3. The molecule has 7 nitrogen and oxygen atoms in total. The zero-order valence-corrected chi connectivity index (χ0v) is 12.0. The minimum atomic E-state index is -0.201. The van der Waals surface area contributed by atoms with E-state index in [1.165, 1.54) is 0 Å². The first-order valence-corrected chi connectivity index (χ1v) is 6.55. The van der Waals surface area contributed by atoms with Crippen molar-refractivity contribution in [1.82, 2.24) is 15.2 Å². The number of hydrogen-bond acceptors (Lipinski definition) is 5. The first-order valence-electron chi connectivity index (χ1n) is 6.55. The molecule has 0 atom stereocenters. The van der Waals surface area contributed by atoms with Gasteiger partial charge in [0.1, 0.15) is 12.4 Å². The van der Waals surface area contributed by atoms with Gasteiger partial charge in [0.15, 0.2) is 5.82 Å². The van der Waals surface area contributed by atoms with Crippen LogP contribution in [0.1, 0.15) is 5.82 Å². The van der Waals surface area contributed by atoms with Crippen LogP contribution in [0.5, 0.6) is 0 Å². The summed E-state index contributed by atoms with van der Waals surface area (Å²) < 4.78 is 9.97. The lowest BCUT2D eigenvalue weighted by atomic mass is 10.2. The van der Waals surface area contributed by atoms with Gasteiger partial charge >= 0.3 is 0 Å². The number of benzene rings is 1. The molecular weight excluding hydrogens is 272 g/mol. The van der Waals surface area contributed by atoms with Crippen LogP contribution in [0, 0.1) is 6.92 Å². The van der Waals surface area contributed by atoms with Crippen molar-refractivity contribution in [2.24, 2.45) is 0 Å². The summed E-state index contributed by atoms with van der Waals surface area (Å²) in [6, 6.07) is 7.30. The summed E-state index contributed by atoms with van der Waals surface area (Å²) in [4.78, 5) is 15.9. The maximum Gasteiger partial charge on any atom is 0.250 e. The van der Waals surface area contributed by atoms with Crippen molar-refractivity contribution in [3.05, 3.63) is 30.1 Å². The predicted octanol–water partition coefficient (Wildman–Crippen LogP) is 1.38. The number of carbonyl (C=O) groups excluding carboxylic acids is 1. The van der Waals surface area contributed by atoms with Gasteiger partial charge in [0.25, 0.3) is 0 Å². The summed E-state index contributed by atoms with van der Waals surface area (Å²) in [6.07, 6.45) is 0. The molecule has 0 aliphatic heterocycles. The van der Waals surface area contributed by atoms with Gasteiger partial charge in [-0.2, -0.15) is 5.10 Å². The van der Waals surface area contributed by atoms with Crippen LogP contribution >= 0.6 is 0 Å². The molecule has 0 fully saturated rings. The third-order valence-corrected chi connectivity index (χ3v) is 2.69. The van der Waals surface area contributed by atoms with Crippen LogP contribution in [-0.4, -0.2) is 48.0 Å². The standard InChI is InChI=1S/C14H18N4O3/c1-10-15-14(18-17-10)11-3-5-12(6-4-11)16-13(19)9-21-8-7-20-2/h3-6H,7-9H2,1-2H3,(H,16,19)(H,15,17,18). The van der Waals surface area contributed by atoms with Gasteiger partial charge in [0.05, 0.1) is 13.2 Å². The van der Waals surface area contributed by atoms with E-state index in [9.17, 15) is 4.79 Å². The van der Waals surface area contributed by atoms with Crippen LogP contribution in [0.25, 0.3) is 11.4 Å². The fourth-order valence-corrected chi connectivity index (χ4v) is 1.68. The monoisotopic (exact) mass is 290 g/mol. The second-order valence-electron chi connectivity index (χ2n) is 4.42. The molecule has 0 bridgehead atoms. The van der Waals surface area contributed by atoms with Crippen molar-refractivity contribution >= 4 is 11.6 Å². The highest BCUT2D eigenvalue weighted by atomic mass is 16.5. The molecule has 0 saturated carbocycles. The van der Waals surface area contributed by atoms with Crippen LogP contribution in [0.15, 0.2) is 24.3 Å². The number of hydrogen-bond donors (Lipinski definition) is 2. The number of H-pyrrole nitrogens is 1. The van der Waals surface area contributed by atoms with Crippen molar-refractivity contribution < 1.29 is 14.3 Å². The topological polar surface area (TPSA) is 89.1 Å². The van der Waals surface area contributed by atoms with E-state index in [0.717, 1.165) is 11.4 Å². The molecule has 0 aliphatic rings. The van der Waals surface area contributed by atoms with Gasteiger partial charge < -0.3 is 14.8 Å². The molecule has 0 saturated heterocycles. The van der Waals surface area contributed by atoms with Crippen molar-refractivity contribution in [2.75, 3.05) is 32.2 Å². The average molecular weight is 290 g/mol. The zero-order valence-electron chi connectivity index (χ0n) is 12.0. The second kappa shape index (κ2) is 7.51. The van der Waals surface area contributed by atoms with Gasteiger partial charge in [-0.05, 0) is 31.2 Å². The lowest BCUT2D eigenvalue weighted by molar-refractivity contribution is -0.121. The number of amides is 1. The molecule has 1 heterocycles.